The van der Waals surface area contributed by atoms with E-state index in [1.54, 1.807) is 11.3 Å². The largest absolute Gasteiger partial charge is 0.490 e. The predicted molar refractivity (Wildman–Crippen MR) is 101 cm³/mol. The number of rotatable bonds is 3. The number of benzene rings is 1. The Hall–Kier alpha value is -2.21. The highest BCUT2D eigenvalue weighted by Gasteiger charge is 2.22. The minimum absolute atomic E-state index is 0.442. The molecule has 25 heavy (non-hydrogen) atoms. The number of fused-ring (bicyclic) bond motifs is 1. The number of aromatic nitrogens is 1. The Kier molecular flexibility index (Phi) is 4.53. The maximum Gasteiger partial charge on any atom is 0.185 e. The minimum Gasteiger partial charge on any atom is -0.490 e. The number of hydrogen-bond acceptors (Lipinski definition) is 6. The van der Waals surface area contributed by atoms with Crippen molar-refractivity contribution in [2.75, 3.05) is 31.2 Å². The summed E-state index contributed by atoms with van der Waals surface area (Å²) in [7, 11) is 0. The van der Waals surface area contributed by atoms with Crippen LogP contribution < -0.4 is 20.1 Å². The van der Waals surface area contributed by atoms with Gasteiger partial charge in [0.05, 0.1) is 18.1 Å². The first-order chi connectivity index (χ1) is 12.2. The molecule has 6 heteroatoms. The van der Waals surface area contributed by atoms with Crippen molar-refractivity contribution in [2.24, 2.45) is 11.7 Å². The van der Waals surface area contributed by atoms with Gasteiger partial charge in [0.1, 0.15) is 0 Å². The summed E-state index contributed by atoms with van der Waals surface area (Å²) in [6.07, 6.45) is 4.97. The van der Waals surface area contributed by atoms with Gasteiger partial charge < -0.3 is 20.1 Å². The average Bonchev–Trinajstić information content (AvgIpc) is 3.01. The number of anilines is 1. The summed E-state index contributed by atoms with van der Waals surface area (Å²) >= 11 is 1.72. The van der Waals surface area contributed by atoms with Gasteiger partial charge in [0.15, 0.2) is 16.6 Å². The zero-order valence-corrected chi connectivity index (χ0v) is 15.1. The van der Waals surface area contributed by atoms with E-state index in [2.05, 4.69) is 28.6 Å². The van der Waals surface area contributed by atoms with Gasteiger partial charge in [-0.25, -0.2) is 4.98 Å². The van der Waals surface area contributed by atoms with Crippen molar-refractivity contribution in [3.8, 4) is 21.9 Å². The van der Waals surface area contributed by atoms with E-state index in [9.17, 15) is 0 Å². The second-order valence-electron chi connectivity index (χ2n) is 6.56. The summed E-state index contributed by atoms with van der Waals surface area (Å²) in [6.45, 7) is 7.26. The van der Waals surface area contributed by atoms with Crippen molar-refractivity contribution < 1.29 is 9.47 Å². The summed E-state index contributed by atoms with van der Waals surface area (Å²) in [6, 6.07) is 6.13. The molecular formula is C19H23N3O2S. The topological polar surface area (TPSA) is 60.6 Å². The van der Waals surface area contributed by atoms with Gasteiger partial charge in [-0.2, -0.15) is 0 Å². The lowest BCUT2D eigenvalue weighted by Gasteiger charge is -2.31. The van der Waals surface area contributed by atoms with Crippen molar-refractivity contribution in [2.45, 2.75) is 19.3 Å². The van der Waals surface area contributed by atoms with Crippen molar-refractivity contribution >= 4 is 16.5 Å². The molecule has 0 spiro atoms. The van der Waals surface area contributed by atoms with Crippen LogP contribution >= 0.6 is 11.3 Å². The van der Waals surface area contributed by atoms with Crippen LogP contribution in [-0.2, 0) is 0 Å². The summed E-state index contributed by atoms with van der Waals surface area (Å²) in [5, 5.41) is 1.07. The third kappa shape index (κ3) is 3.44. The fourth-order valence-corrected chi connectivity index (χ4v) is 4.27. The molecule has 4 rings (SSSR count). The Balaban J connectivity index is 1.50. The molecule has 1 fully saturated rings. The van der Waals surface area contributed by atoms with E-state index in [4.69, 9.17) is 15.2 Å². The zero-order valence-electron chi connectivity index (χ0n) is 14.2. The number of piperidine rings is 1. The number of ether oxygens (including phenoxy) is 2. The molecule has 1 aromatic carbocycles. The van der Waals surface area contributed by atoms with E-state index < -0.39 is 0 Å². The van der Waals surface area contributed by atoms with Crippen molar-refractivity contribution in [1.29, 1.82) is 0 Å². The second kappa shape index (κ2) is 6.96. The van der Waals surface area contributed by atoms with Gasteiger partial charge in [-0.15, -0.1) is 0 Å². The summed E-state index contributed by atoms with van der Waals surface area (Å²) in [4.78, 5) is 8.13. The van der Waals surface area contributed by atoms with E-state index in [1.165, 1.54) is 0 Å². The quantitative estimate of drug-likeness (QED) is 0.908. The van der Waals surface area contributed by atoms with Gasteiger partial charge in [-0.05, 0) is 36.6 Å². The molecule has 0 radical (unpaired) electrons. The molecule has 0 bridgehead atoms. The van der Waals surface area contributed by atoms with Gasteiger partial charge in [0.25, 0.3) is 0 Å². The number of nitrogens with zero attached hydrogens (tertiary/aromatic N) is 2. The monoisotopic (exact) mass is 357 g/mol. The Morgan fingerprint density at radius 2 is 1.96 bits per heavy atom. The van der Waals surface area contributed by atoms with Crippen LogP contribution in [0.3, 0.4) is 0 Å². The highest BCUT2D eigenvalue weighted by Crippen LogP contribution is 2.38. The molecule has 1 aromatic heterocycles. The number of allylic oxidation sites excluding steroid dienone is 1. The molecule has 0 aliphatic carbocycles. The van der Waals surface area contributed by atoms with Crippen LogP contribution in [0.15, 0.2) is 36.7 Å². The Labute approximate surface area is 152 Å². The highest BCUT2D eigenvalue weighted by atomic mass is 32.1. The molecule has 0 amide bonds. The third-order valence-electron chi connectivity index (χ3n) is 4.82. The fraction of sp³-hybridized carbons (Fsp3) is 0.421. The normalized spacial score (nSPS) is 18.0. The first-order valence-electron chi connectivity index (χ1n) is 8.76. The lowest BCUT2D eigenvalue weighted by Crippen LogP contribution is -2.35. The average molecular weight is 357 g/mol. The van der Waals surface area contributed by atoms with Crippen LogP contribution in [0.4, 0.5) is 5.13 Å². The Morgan fingerprint density at radius 3 is 2.72 bits per heavy atom. The SMILES string of the molecule is C=C(N)C1CCN(c2ncc(-c3ccc4c(c3)OCCCO4)s2)CC1. The number of hydrogen-bond donors (Lipinski definition) is 1. The summed E-state index contributed by atoms with van der Waals surface area (Å²) in [5.74, 6) is 2.10. The van der Waals surface area contributed by atoms with Crippen molar-refractivity contribution in [3.63, 3.8) is 0 Å². The van der Waals surface area contributed by atoms with Crippen LogP contribution in [0.25, 0.3) is 10.4 Å². The second-order valence-corrected chi connectivity index (χ2v) is 7.56. The molecule has 0 atom stereocenters. The smallest absolute Gasteiger partial charge is 0.185 e. The van der Waals surface area contributed by atoms with Crippen LogP contribution in [0.5, 0.6) is 11.5 Å². The lowest BCUT2D eigenvalue weighted by atomic mass is 9.95. The van der Waals surface area contributed by atoms with Gasteiger partial charge in [-0.1, -0.05) is 17.9 Å². The van der Waals surface area contributed by atoms with Gasteiger partial charge in [0, 0.05) is 37.3 Å². The Bertz CT molecular complexity index is 766. The standard InChI is InChI=1S/C19H23N3O2S/c1-13(20)14-5-7-22(8-6-14)19-21-12-18(25-19)15-3-4-16-17(11-15)24-10-2-9-23-16/h3-4,11-12,14H,1-2,5-10,20H2. The molecule has 5 nitrogen and oxygen atoms in total. The molecule has 2 aliphatic heterocycles. The van der Waals surface area contributed by atoms with Gasteiger partial charge in [0.2, 0.25) is 0 Å². The van der Waals surface area contributed by atoms with Gasteiger partial charge in [-0.3, -0.25) is 0 Å². The van der Waals surface area contributed by atoms with E-state index >= 15 is 0 Å². The molecule has 0 unspecified atom stereocenters. The lowest BCUT2D eigenvalue weighted by molar-refractivity contribution is 0.297. The zero-order chi connectivity index (χ0) is 17.2. The summed E-state index contributed by atoms with van der Waals surface area (Å²) in [5.41, 5.74) is 7.79. The minimum atomic E-state index is 0.442. The molecule has 2 aliphatic rings. The third-order valence-corrected chi connectivity index (χ3v) is 5.92. The predicted octanol–water partition coefficient (Wildman–Crippen LogP) is 3.66. The van der Waals surface area contributed by atoms with E-state index in [-0.39, 0.29) is 0 Å². The van der Waals surface area contributed by atoms with E-state index in [0.717, 1.165) is 65.1 Å². The van der Waals surface area contributed by atoms with Gasteiger partial charge >= 0.3 is 0 Å². The molecule has 2 aromatic rings. The number of nitrogens with two attached hydrogens (primary N) is 1. The Morgan fingerprint density at radius 1 is 1.20 bits per heavy atom. The van der Waals surface area contributed by atoms with Crippen LogP contribution in [-0.4, -0.2) is 31.3 Å². The van der Waals surface area contributed by atoms with Crippen molar-refractivity contribution in [1.82, 2.24) is 4.98 Å². The van der Waals surface area contributed by atoms with E-state index in [0.29, 0.717) is 19.1 Å². The van der Waals surface area contributed by atoms with Crippen molar-refractivity contribution in [3.05, 3.63) is 36.7 Å². The molecule has 2 N–H and O–H groups in total. The maximum atomic E-state index is 5.85. The first kappa shape index (κ1) is 16.3. The maximum absolute atomic E-state index is 5.85. The molecule has 1 saturated heterocycles. The first-order valence-corrected chi connectivity index (χ1v) is 9.57. The van der Waals surface area contributed by atoms with E-state index in [1.807, 2.05) is 12.3 Å². The molecular weight excluding hydrogens is 334 g/mol. The molecule has 3 heterocycles. The highest BCUT2D eigenvalue weighted by molar-refractivity contribution is 7.18. The van der Waals surface area contributed by atoms with Crippen LogP contribution in [0, 0.1) is 5.92 Å². The number of thiazole rings is 1. The van der Waals surface area contributed by atoms with Crippen LogP contribution in [0.1, 0.15) is 19.3 Å². The molecule has 132 valence electrons. The van der Waals surface area contributed by atoms with Crippen LogP contribution in [0.2, 0.25) is 0 Å². The molecule has 0 saturated carbocycles. The summed E-state index contributed by atoms with van der Waals surface area (Å²) < 4.78 is 11.5. The fourth-order valence-electron chi connectivity index (χ4n) is 3.30.